The second kappa shape index (κ2) is 31.2. The molecule has 0 aromatic heterocycles. The van der Waals surface area contributed by atoms with E-state index in [1.807, 2.05) is 79.7 Å². The Morgan fingerprint density at radius 1 is 0.468 bits per heavy atom. The zero-order valence-corrected chi connectivity index (χ0v) is 53.2. The van der Waals surface area contributed by atoms with Gasteiger partial charge in [0.05, 0.1) is 26.9 Å². The number of aliphatic hydroxyl groups is 1. The number of rotatable bonds is 6. The number of aryl methyl sites for hydroxylation is 2. The average Bonchev–Trinajstić information content (AvgIpc) is 3.78. The van der Waals surface area contributed by atoms with Crippen LogP contribution in [0.2, 0.25) is 0 Å². The van der Waals surface area contributed by atoms with Crippen molar-refractivity contribution >= 4 is 69.3 Å². The summed E-state index contributed by atoms with van der Waals surface area (Å²) in [6.07, 6.45) is 2.22. The van der Waals surface area contributed by atoms with Crippen LogP contribution in [-0.4, -0.2) is 86.4 Å². The molecule has 0 amide bonds. The fourth-order valence-corrected chi connectivity index (χ4v) is 6.62. The van der Waals surface area contributed by atoms with E-state index in [9.17, 15) is 34.8 Å². The number of carbonyl (C=O) groups is 3. The number of halogens is 3. The lowest BCUT2D eigenvalue weighted by molar-refractivity contribution is 0.101. The Morgan fingerprint density at radius 3 is 1.21 bits per heavy atom. The molecule has 0 fully saturated rings. The minimum atomic E-state index is -0.500. The molecule has 6 N–H and O–H groups in total. The van der Waals surface area contributed by atoms with E-state index in [1.165, 1.54) is 26.4 Å². The van der Waals surface area contributed by atoms with Gasteiger partial charge in [0.2, 0.25) is 6.79 Å². The van der Waals surface area contributed by atoms with Crippen molar-refractivity contribution in [1.82, 2.24) is 0 Å². The second-order valence-electron chi connectivity index (χ2n) is 22.7. The lowest BCUT2D eigenvalue weighted by Gasteiger charge is -2.22. The van der Waals surface area contributed by atoms with Crippen LogP contribution in [-0.2, 0) is 21.7 Å². The molecule has 0 saturated heterocycles. The molecule has 77 heavy (non-hydrogen) atoms. The average molecular weight is 1270 g/mol. The molecule has 0 unspecified atom stereocenters. The van der Waals surface area contributed by atoms with Gasteiger partial charge in [-0.1, -0.05) is 95.2 Å². The van der Waals surface area contributed by atoms with Crippen LogP contribution in [0.4, 0.5) is 0 Å². The summed E-state index contributed by atoms with van der Waals surface area (Å²) in [5.74, 6) is 3.01. The molecule has 1 aliphatic rings. The predicted octanol–water partition coefficient (Wildman–Crippen LogP) is 14.9. The first kappa shape index (κ1) is 71.6. The molecule has 6 rings (SSSR count). The van der Waals surface area contributed by atoms with Crippen molar-refractivity contribution < 1.29 is 68.7 Å². The van der Waals surface area contributed by atoms with Crippen LogP contribution in [0.15, 0.2) is 66.7 Å². The highest BCUT2D eigenvalue weighted by molar-refractivity contribution is 9.69. The Hall–Kier alpha value is -5.43. The fraction of sp³-hybridized carbons (Fsp3) is 0.441. The third-order valence-corrected chi connectivity index (χ3v) is 10.3. The van der Waals surface area contributed by atoms with Gasteiger partial charge in [0.1, 0.15) is 18.9 Å². The zero-order chi connectivity index (χ0) is 60.2. The topological polar surface area (TPSA) is 219 Å². The number of fused-ring (bicyclic) bond motifs is 1. The molecule has 0 radical (unpaired) electrons. The van der Waals surface area contributed by atoms with Gasteiger partial charge in [-0.05, 0) is 122 Å². The van der Waals surface area contributed by atoms with Gasteiger partial charge in [0, 0.05) is 38.9 Å². The van der Waals surface area contributed by atoms with Gasteiger partial charge in [-0.25, -0.2) is 0 Å². The summed E-state index contributed by atoms with van der Waals surface area (Å²) < 4.78 is 26.0. The number of hydrogen-bond acceptors (Lipinski definition) is 14. The number of phenols is 5. The summed E-state index contributed by atoms with van der Waals surface area (Å²) in [6.45, 7) is 33.5. The Balaban J connectivity index is 0.000000905. The van der Waals surface area contributed by atoms with E-state index in [1.54, 1.807) is 58.2 Å². The molecule has 5 aromatic rings. The number of benzene rings is 5. The molecule has 5 aromatic carbocycles. The van der Waals surface area contributed by atoms with Crippen LogP contribution >= 0.6 is 47.3 Å². The van der Waals surface area contributed by atoms with E-state index in [0.717, 1.165) is 40.6 Å². The smallest absolute Gasteiger partial charge is 0.369 e. The predicted molar refractivity (Wildman–Crippen MR) is 321 cm³/mol. The van der Waals surface area contributed by atoms with E-state index >= 15 is 0 Å². The number of hydrogen-bond donors (Lipinski definition) is 6. The van der Waals surface area contributed by atoms with Gasteiger partial charge in [-0.15, -0.1) is 47.3 Å². The van der Waals surface area contributed by atoms with Crippen molar-refractivity contribution in [2.75, 3.05) is 28.1 Å². The molecular formula is C59H82BBr3O14. The summed E-state index contributed by atoms with van der Waals surface area (Å²) in [6, 6.07) is 18.7. The van der Waals surface area contributed by atoms with E-state index in [2.05, 4.69) is 88.8 Å². The summed E-state index contributed by atoms with van der Waals surface area (Å²) >= 11 is 9.31. The SMILES string of the molecule is BrB(Br)Br.CC(C)(C)O.CC(C)(C)c1cc(C=O)cc(O)c1O.CC(C)(C)c1cc(C=O)cc2c1OCO2.COc1cc(C)cc(C(C)(C)C)c1O.COc1cc(C)ccc1O.COc1cc(C=O)cc(C(C)(C)C)c1O. The number of aldehydes is 3. The number of ether oxygens (including phenoxy) is 5. The van der Waals surface area contributed by atoms with Gasteiger partial charge in [0.15, 0.2) is 57.5 Å². The van der Waals surface area contributed by atoms with E-state index < -0.39 is 5.60 Å². The quantitative estimate of drug-likeness (QED) is 0.0530. The molecule has 0 atom stereocenters. The molecule has 0 spiro atoms. The number of methoxy groups -OCH3 is 3. The van der Waals surface area contributed by atoms with Crippen molar-refractivity contribution in [3.8, 4) is 57.5 Å². The molecule has 1 aliphatic heterocycles. The normalized spacial score (nSPS) is 11.4. The Morgan fingerprint density at radius 2 is 0.818 bits per heavy atom. The van der Waals surface area contributed by atoms with Crippen LogP contribution in [0.3, 0.4) is 0 Å². The maximum Gasteiger partial charge on any atom is 0.369 e. The summed E-state index contributed by atoms with van der Waals surface area (Å²) in [5, 5.41) is 56.4. The standard InChI is InChI=1S/C12H14O3.C12H16O3.C12H18O2.C11H14O3.C8H10O2.C4H10O.BBr3/c1-12(2,3)9-4-8(6-13)5-10-11(9)15-7-14-10;1-12(2,3)9-5-8(7-13)6-10(15-4)11(9)14;1-8-6-9(12(2,3)4)11(13)10(7-8)14-5;1-11(2,3)8-4-7(6-12)5-9(13)10(8)14;1-6-3-4-7(9)8(5-6)10-2;1-4(2,3)5;2-1(3)4/h4-6H,7H2,1-3H3;5-7,14H,1-4H3;6-7,13H,1-5H3;4-6,13-14H,1-3H3;3-5,9H,1-2H3;5H,1-3H3;. The van der Waals surface area contributed by atoms with Gasteiger partial charge in [-0.3, -0.25) is 14.4 Å². The third kappa shape index (κ3) is 25.7. The molecular weight excluding hydrogens is 1180 g/mol. The monoisotopic (exact) mass is 1260 g/mol. The lowest BCUT2D eigenvalue weighted by Crippen LogP contribution is -2.12. The molecule has 426 valence electrons. The second-order valence-corrected chi connectivity index (χ2v) is 29.1. The minimum Gasteiger partial charge on any atom is -0.504 e. The lowest BCUT2D eigenvalue weighted by atomic mass is 9.85. The minimum absolute atomic E-state index is 0.0587. The highest BCUT2D eigenvalue weighted by Crippen LogP contribution is 2.43. The van der Waals surface area contributed by atoms with E-state index in [-0.39, 0.29) is 60.4 Å². The highest BCUT2D eigenvalue weighted by atomic mass is 79.9. The van der Waals surface area contributed by atoms with Crippen LogP contribution in [0.5, 0.6) is 57.5 Å². The van der Waals surface area contributed by atoms with Crippen LogP contribution in [0, 0.1) is 13.8 Å². The van der Waals surface area contributed by atoms with Gasteiger partial charge >= 0.3 is 3.18 Å². The summed E-state index contributed by atoms with van der Waals surface area (Å²) in [4.78, 5) is 32.1. The number of carbonyl (C=O) groups excluding carboxylic acids is 3. The zero-order valence-electron chi connectivity index (χ0n) is 48.5. The summed E-state index contributed by atoms with van der Waals surface area (Å²) in [7, 11) is 4.57. The molecule has 0 bridgehead atoms. The fourth-order valence-electron chi connectivity index (χ4n) is 6.62. The van der Waals surface area contributed by atoms with Crippen molar-refractivity contribution in [3.63, 3.8) is 0 Å². The maximum absolute atomic E-state index is 10.8. The maximum atomic E-state index is 10.8. The molecule has 14 nitrogen and oxygen atoms in total. The number of aromatic hydroxyl groups is 5. The van der Waals surface area contributed by atoms with Crippen molar-refractivity contribution in [1.29, 1.82) is 0 Å². The Bertz CT molecular complexity index is 2670. The largest absolute Gasteiger partial charge is 0.504 e. The van der Waals surface area contributed by atoms with Gasteiger partial charge in [-0.2, -0.15) is 0 Å². The van der Waals surface area contributed by atoms with Crippen LogP contribution in [0.1, 0.15) is 168 Å². The van der Waals surface area contributed by atoms with Gasteiger partial charge in [0.25, 0.3) is 0 Å². The van der Waals surface area contributed by atoms with Crippen molar-refractivity contribution in [3.05, 3.63) is 117 Å². The first-order chi connectivity index (χ1) is 35.1. The molecule has 1 heterocycles. The van der Waals surface area contributed by atoms with Crippen LogP contribution in [0.25, 0.3) is 0 Å². The van der Waals surface area contributed by atoms with E-state index in [0.29, 0.717) is 57.1 Å². The van der Waals surface area contributed by atoms with Crippen molar-refractivity contribution in [2.45, 2.75) is 145 Å². The van der Waals surface area contributed by atoms with E-state index in [4.69, 9.17) is 33.9 Å². The van der Waals surface area contributed by atoms with Crippen LogP contribution < -0.4 is 23.7 Å². The number of phenolic OH excluding ortho intramolecular Hbond substituents is 5. The van der Waals surface area contributed by atoms with Gasteiger partial charge < -0.3 is 54.3 Å². The van der Waals surface area contributed by atoms with Crippen molar-refractivity contribution in [2.24, 2.45) is 0 Å². The molecule has 0 saturated carbocycles. The third-order valence-electron chi connectivity index (χ3n) is 10.3. The Labute approximate surface area is 482 Å². The Kier molecular flexibility index (Phi) is 29.0. The summed E-state index contributed by atoms with van der Waals surface area (Å²) in [5.41, 5.74) is 5.75. The first-order valence-electron chi connectivity index (χ1n) is 24.2. The first-order valence-corrected chi connectivity index (χ1v) is 27.0. The molecule has 18 heteroatoms. The highest BCUT2D eigenvalue weighted by Gasteiger charge is 2.27. The molecule has 0 aliphatic carbocycles.